The van der Waals surface area contributed by atoms with Gasteiger partial charge < -0.3 is 15.4 Å². The van der Waals surface area contributed by atoms with Crippen LogP contribution in [0.1, 0.15) is 18.9 Å². The molecule has 1 aromatic carbocycles. The van der Waals surface area contributed by atoms with E-state index in [-0.39, 0.29) is 17.5 Å². The summed E-state index contributed by atoms with van der Waals surface area (Å²) in [6, 6.07) is 3.18. The Morgan fingerprint density at radius 2 is 2.24 bits per heavy atom. The van der Waals surface area contributed by atoms with Crippen molar-refractivity contribution in [3.8, 4) is 0 Å². The fourth-order valence-corrected chi connectivity index (χ4v) is 2.34. The van der Waals surface area contributed by atoms with E-state index in [9.17, 15) is 14.9 Å². The molecule has 1 aliphatic rings. The quantitative estimate of drug-likeness (QED) is 0.619. The van der Waals surface area contributed by atoms with E-state index in [1.54, 1.807) is 13.2 Å². The molecular weight excluding hydrogens is 274 g/mol. The Bertz CT molecular complexity index is 559. The molecule has 114 valence electrons. The lowest BCUT2D eigenvalue weighted by atomic mass is 10.0. The van der Waals surface area contributed by atoms with Gasteiger partial charge in [-0.15, -0.1) is 0 Å². The summed E-state index contributed by atoms with van der Waals surface area (Å²) in [5.74, 6) is 0.136. The SMILES string of the molecule is COCC(C)CNc1cc2c(cc1[N+](=O)[O-])NC(=O)CC2. The number of nitrogens with zero attached hydrogens (tertiary/aromatic N) is 1. The van der Waals surface area contributed by atoms with Crippen molar-refractivity contribution in [1.82, 2.24) is 0 Å². The van der Waals surface area contributed by atoms with Crippen LogP contribution in [0.4, 0.5) is 17.1 Å². The molecule has 21 heavy (non-hydrogen) atoms. The smallest absolute Gasteiger partial charge is 0.294 e. The van der Waals surface area contributed by atoms with Crippen molar-refractivity contribution in [2.75, 3.05) is 30.9 Å². The van der Waals surface area contributed by atoms with E-state index >= 15 is 0 Å². The number of nitrogens with one attached hydrogen (secondary N) is 2. The lowest BCUT2D eigenvalue weighted by Gasteiger charge is -2.19. The summed E-state index contributed by atoms with van der Waals surface area (Å²) >= 11 is 0. The van der Waals surface area contributed by atoms with Gasteiger partial charge in [-0.1, -0.05) is 6.92 Å². The van der Waals surface area contributed by atoms with E-state index in [0.29, 0.717) is 37.4 Å². The number of nitro groups is 1. The van der Waals surface area contributed by atoms with Crippen molar-refractivity contribution in [1.29, 1.82) is 0 Å². The van der Waals surface area contributed by atoms with Crippen LogP contribution in [0.3, 0.4) is 0 Å². The van der Waals surface area contributed by atoms with Crippen molar-refractivity contribution in [3.63, 3.8) is 0 Å². The number of fused-ring (bicyclic) bond motifs is 1. The van der Waals surface area contributed by atoms with Gasteiger partial charge in [0.2, 0.25) is 5.91 Å². The van der Waals surface area contributed by atoms with Crippen LogP contribution in [0.25, 0.3) is 0 Å². The molecule has 2 N–H and O–H groups in total. The third-order valence-corrected chi connectivity index (χ3v) is 3.41. The van der Waals surface area contributed by atoms with Crippen LogP contribution in [0.15, 0.2) is 12.1 Å². The van der Waals surface area contributed by atoms with Crippen LogP contribution in [0.2, 0.25) is 0 Å². The number of nitro benzene ring substituents is 1. The summed E-state index contributed by atoms with van der Waals surface area (Å²) < 4.78 is 5.05. The zero-order valence-electron chi connectivity index (χ0n) is 12.1. The molecule has 0 fully saturated rings. The maximum Gasteiger partial charge on any atom is 0.294 e. The minimum absolute atomic E-state index is 0.0273. The second-order valence-corrected chi connectivity index (χ2v) is 5.27. The molecule has 2 rings (SSSR count). The standard InChI is InChI=1S/C14H19N3O4/c1-9(8-21-2)7-15-12-5-10-3-4-14(18)16-11(10)6-13(12)17(19)20/h5-6,9,15H,3-4,7-8H2,1-2H3,(H,16,18). The normalized spacial score (nSPS) is 15.0. The molecule has 0 radical (unpaired) electrons. The number of aryl methyl sites for hydroxylation is 1. The van der Waals surface area contributed by atoms with Gasteiger partial charge in [-0.3, -0.25) is 14.9 Å². The number of hydrogen-bond donors (Lipinski definition) is 2. The number of amides is 1. The summed E-state index contributed by atoms with van der Waals surface area (Å²) in [6.07, 6.45) is 1.01. The highest BCUT2D eigenvalue weighted by Gasteiger charge is 2.22. The third-order valence-electron chi connectivity index (χ3n) is 3.41. The Hall–Kier alpha value is -2.15. The van der Waals surface area contributed by atoms with Gasteiger partial charge in [-0.05, 0) is 24.0 Å². The van der Waals surface area contributed by atoms with Crippen molar-refractivity contribution in [2.45, 2.75) is 19.8 Å². The number of carbonyl (C=O) groups excluding carboxylic acids is 1. The Kier molecular flexibility index (Phi) is 4.74. The van der Waals surface area contributed by atoms with E-state index in [0.717, 1.165) is 5.56 Å². The molecule has 0 spiro atoms. The number of hydrogen-bond acceptors (Lipinski definition) is 5. The molecule has 0 bridgehead atoms. The van der Waals surface area contributed by atoms with E-state index in [2.05, 4.69) is 10.6 Å². The number of ether oxygens (including phenoxy) is 1. The summed E-state index contributed by atoms with van der Waals surface area (Å²) in [5, 5.41) is 17.0. The predicted octanol–water partition coefficient (Wildman–Crippen LogP) is 2.17. The van der Waals surface area contributed by atoms with Crippen molar-refractivity contribution < 1.29 is 14.5 Å². The summed E-state index contributed by atoms with van der Waals surface area (Å²) in [7, 11) is 1.63. The van der Waals surface area contributed by atoms with E-state index < -0.39 is 4.92 Å². The highest BCUT2D eigenvalue weighted by Crippen LogP contribution is 2.34. The first-order valence-electron chi connectivity index (χ1n) is 6.85. The largest absolute Gasteiger partial charge is 0.384 e. The highest BCUT2D eigenvalue weighted by molar-refractivity contribution is 5.95. The lowest BCUT2D eigenvalue weighted by Crippen LogP contribution is -2.20. The maximum atomic E-state index is 11.4. The van der Waals surface area contributed by atoms with E-state index in [1.165, 1.54) is 6.07 Å². The molecule has 1 aliphatic heterocycles. The average molecular weight is 293 g/mol. The Labute approximate surface area is 122 Å². The Morgan fingerprint density at radius 3 is 2.90 bits per heavy atom. The van der Waals surface area contributed by atoms with Gasteiger partial charge in [0.15, 0.2) is 0 Å². The highest BCUT2D eigenvalue weighted by atomic mass is 16.6. The van der Waals surface area contributed by atoms with Crippen LogP contribution >= 0.6 is 0 Å². The van der Waals surface area contributed by atoms with Crippen molar-refractivity contribution in [2.24, 2.45) is 5.92 Å². The summed E-state index contributed by atoms with van der Waals surface area (Å²) in [5.41, 5.74) is 1.91. The second kappa shape index (κ2) is 6.53. The van der Waals surface area contributed by atoms with Gasteiger partial charge in [-0.2, -0.15) is 0 Å². The fourth-order valence-electron chi connectivity index (χ4n) is 2.34. The molecule has 1 amide bonds. The minimum Gasteiger partial charge on any atom is -0.384 e. The first-order valence-corrected chi connectivity index (χ1v) is 6.85. The Balaban J connectivity index is 2.23. The van der Waals surface area contributed by atoms with Gasteiger partial charge in [0.1, 0.15) is 5.69 Å². The first-order chi connectivity index (χ1) is 10.0. The van der Waals surface area contributed by atoms with Crippen LogP contribution in [-0.2, 0) is 16.0 Å². The molecule has 0 saturated carbocycles. The van der Waals surface area contributed by atoms with Crippen LogP contribution in [0, 0.1) is 16.0 Å². The van der Waals surface area contributed by atoms with E-state index in [4.69, 9.17) is 4.74 Å². The predicted molar refractivity (Wildman–Crippen MR) is 79.6 cm³/mol. The number of carbonyl (C=O) groups is 1. The van der Waals surface area contributed by atoms with Gasteiger partial charge in [-0.25, -0.2) is 0 Å². The van der Waals surface area contributed by atoms with Gasteiger partial charge >= 0.3 is 0 Å². The number of benzene rings is 1. The van der Waals surface area contributed by atoms with Gasteiger partial charge in [0.05, 0.1) is 17.2 Å². The maximum absolute atomic E-state index is 11.4. The molecule has 1 aromatic rings. The zero-order valence-corrected chi connectivity index (χ0v) is 12.1. The van der Waals surface area contributed by atoms with Crippen molar-refractivity contribution in [3.05, 3.63) is 27.8 Å². The molecule has 1 unspecified atom stereocenters. The minimum atomic E-state index is -0.440. The molecular formula is C14H19N3O4. The summed E-state index contributed by atoms with van der Waals surface area (Å²) in [4.78, 5) is 22.1. The van der Waals surface area contributed by atoms with Crippen molar-refractivity contribution >= 4 is 23.0 Å². The fraction of sp³-hybridized carbons (Fsp3) is 0.500. The number of methoxy groups -OCH3 is 1. The molecule has 7 nitrogen and oxygen atoms in total. The Morgan fingerprint density at radius 1 is 1.48 bits per heavy atom. The van der Waals surface area contributed by atoms with Gasteiger partial charge in [0, 0.05) is 26.1 Å². The van der Waals surface area contributed by atoms with E-state index in [1.807, 2.05) is 6.92 Å². The van der Waals surface area contributed by atoms with Gasteiger partial charge in [0.25, 0.3) is 5.69 Å². The van der Waals surface area contributed by atoms with Crippen LogP contribution in [0.5, 0.6) is 0 Å². The molecule has 0 aliphatic carbocycles. The topological polar surface area (TPSA) is 93.5 Å². The third kappa shape index (κ3) is 3.69. The monoisotopic (exact) mass is 293 g/mol. The van der Waals surface area contributed by atoms with Crippen LogP contribution < -0.4 is 10.6 Å². The zero-order chi connectivity index (χ0) is 15.4. The second-order valence-electron chi connectivity index (χ2n) is 5.27. The lowest BCUT2D eigenvalue weighted by molar-refractivity contribution is -0.383. The number of anilines is 2. The molecule has 7 heteroatoms. The molecule has 1 heterocycles. The first kappa shape index (κ1) is 15.2. The molecule has 0 saturated heterocycles. The number of rotatable bonds is 6. The summed E-state index contributed by atoms with van der Waals surface area (Å²) in [6.45, 7) is 3.17. The van der Waals surface area contributed by atoms with Crippen LogP contribution in [-0.4, -0.2) is 31.1 Å². The average Bonchev–Trinajstić information content (AvgIpc) is 2.44. The molecule has 0 aromatic heterocycles. The molecule has 1 atom stereocenters.